The van der Waals surface area contributed by atoms with Crippen molar-refractivity contribution in [2.24, 2.45) is 0 Å². The van der Waals surface area contributed by atoms with E-state index in [-0.39, 0.29) is 22.3 Å². The van der Waals surface area contributed by atoms with E-state index in [9.17, 15) is 13.2 Å². The molecule has 3 aromatic carbocycles. The molecule has 8 nitrogen and oxygen atoms in total. The molecule has 0 heterocycles. The van der Waals surface area contributed by atoms with E-state index in [0.29, 0.717) is 27.9 Å². The summed E-state index contributed by atoms with van der Waals surface area (Å²) in [4.78, 5) is 12.1. The standard InChI is InChI=1S/C22H20Cl2N2O6S/c1-30-16-6-3-14(4-7-16)26-33(28,29)17-8-10-21(19(24)12-17)32-13-22(27)25-15-5-9-20(31-2)18(23)11-15/h3-12,26H,13H2,1-2H3,(H,25,27). The molecular formula is C22H20Cl2N2O6S. The number of sulfonamides is 1. The summed E-state index contributed by atoms with van der Waals surface area (Å²) < 4.78 is 43.3. The van der Waals surface area contributed by atoms with Gasteiger partial charge in [0.2, 0.25) is 0 Å². The smallest absolute Gasteiger partial charge is 0.262 e. The molecule has 0 bridgehead atoms. The third-order valence-electron chi connectivity index (χ3n) is 4.35. The number of hydrogen-bond acceptors (Lipinski definition) is 6. The van der Waals surface area contributed by atoms with E-state index >= 15 is 0 Å². The number of ether oxygens (including phenoxy) is 3. The van der Waals surface area contributed by atoms with Crippen LogP contribution in [0, 0.1) is 0 Å². The molecule has 3 aromatic rings. The van der Waals surface area contributed by atoms with E-state index < -0.39 is 15.9 Å². The van der Waals surface area contributed by atoms with Crippen molar-refractivity contribution >= 4 is 50.5 Å². The number of benzene rings is 3. The van der Waals surface area contributed by atoms with Gasteiger partial charge in [-0.15, -0.1) is 0 Å². The fraction of sp³-hybridized carbons (Fsp3) is 0.136. The van der Waals surface area contributed by atoms with E-state index in [1.165, 1.54) is 32.4 Å². The number of carbonyl (C=O) groups excluding carboxylic acids is 1. The van der Waals surface area contributed by atoms with Gasteiger partial charge in [0.05, 0.1) is 29.2 Å². The number of amides is 1. The predicted molar refractivity (Wildman–Crippen MR) is 127 cm³/mol. The lowest BCUT2D eigenvalue weighted by atomic mass is 10.3. The van der Waals surface area contributed by atoms with Crippen molar-refractivity contribution < 1.29 is 27.4 Å². The molecule has 0 aliphatic carbocycles. The summed E-state index contributed by atoms with van der Waals surface area (Å²) in [7, 11) is -0.881. The molecule has 1 amide bonds. The first-order valence-corrected chi connectivity index (χ1v) is 11.7. The second-order valence-electron chi connectivity index (χ2n) is 6.61. The number of carbonyl (C=O) groups is 1. The second-order valence-corrected chi connectivity index (χ2v) is 9.11. The minimum Gasteiger partial charge on any atom is -0.497 e. The maximum atomic E-state index is 12.6. The van der Waals surface area contributed by atoms with Crippen LogP contribution in [0.25, 0.3) is 0 Å². The zero-order valence-electron chi connectivity index (χ0n) is 17.6. The number of anilines is 2. The Kier molecular flexibility index (Phi) is 7.91. The Balaban J connectivity index is 1.62. The molecule has 2 N–H and O–H groups in total. The molecule has 11 heteroatoms. The lowest BCUT2D eigenvalue weighted by molar-refractivity contribution is -0.118. The lowest BCUT2D eigenvalue weighted by Crippen LogP contribution is -2.20. The number of rotatable bonds is 9. The van der Waals surface area contributed by atoms with E-state index in [0.717, 1.165) is 0 Å². The molecule has 0 saturated heterocycles. The van der Waals surface area contributed by atoms with Crippen LogP contribution in [0.2, 0.25) is 10.0 Å². The Morgan fingerprint density at radius 3 is 2.09 bits per heavy atom. The van der Waals surface area contributed by atoms with E-state index in [2.05, 4.69) is 10.0 Å². The fourth-order valence-electron chi connectivity index (χ4n) is 2.72. The Morgan fingerprint density at radius 2 is 1.48 bits per heavy atom. The second kappa shape index (κ2) is 10.7. The van der Waals surface area contributed by atoms with Gasteiger partial charge in [-0.3, -0.25) is 9.52 Å². The summed E-state index contributed by atoms with van der Waals surface area (Å²) in [6.07, 6.45) is 0. The molecule has 33 heavy (non-hydrogen) atoms. The topological polar surface area (TPSA) is 103 Å². The summed E-state index contributed by atoms with van der Waals surface area (Å²) in [5.41, 5.74) is 0.828. The largest absolute Gasteiger partial charge is 0.497 e. The van der Waals surface area contributed by atoms with Gasteiger partial charge in [0.15, 0.2) is 6.61 Å². The summed E-state index contributed by atoms with van der Waals surface area (Å²) in [6.45, 7) is -0.348. The van der Waals surface area contributed by atoms with Crippen molar-refractivity contribution in [1.82, 2.24) is 0 Å². The first-order valence-electron chi connectivity index (χ1n) is 9.44. The zero-order valence-corrected chi connectivity index (χ0v) is 19.9. The monoisotopic (exact) mass is 510 g/mol. The van der Waals surface area contributed by atoms with Crippen LogP contribution in [0.5, 0.6) is 17.2 Å². The molecule has 0 saturated carbocycles. The Bertz CT molecular complexity index is 1250. The third-order valence-corrected chi connectivity index (χ3v) is 6.32. The van der Waals surface area contributed by atoms with Crippen molar-refractivity contribution in [2.45, 2.75) is 4.90 Å². The van der Waals surface area contributed by atoms with Crippen molar-refractivity contribution in [3.8, 4) is 17.2 Å². The normalized spacial score (nSPS) is 10.9. The number of nitrogens with one attached hydrogen (secondary N) is 2. The van der Waals surface area contributed by atoms with E-state index in [4.69, 9.17) is 37.4 Å². The number of halogens is 2. The molecule has 3 rings (SSSR count). The van der Waals surface area contributed by atoms with Crippen molar-refractivity contribution in [1.29, 1.82) is 0 Å². The van der Waals surface area contributed by atoms with Crippen LogP contribution in [0.3, 0.4) is 0 Å². The van der Waals surface area contributed by atoms with Gasteiger partial charge < -0.3 is 19.5 Å². The van der Waals surface area contributed by atoms with Crippen LogP contribution < -0.4 is 24.2 Å². The van der Waals surface area contributed by atoms with Crippen LogP contribution in [-0.4, -0.2) is 35.2 Å². The summed E-state index contributed by atoms with van der Waals surface area (Å²) in [6, 6.07) is 15.1. The maximum absolute atomic E-state index is 12.6. The van der Waals surface area contributed by atoms with Gasteiger partial charge in [-0.1, -0.05) is 23.2 Å². The minimum atomic E-state index is -3.89. The highest BCUT2D eigenvalue weighted by atomic mass is 35.5. The molecule has 0 aliphatic rings. The molecule has 0 radical (unpaired) electrons. The fourth-order valence-corrected chi connectivity index (χ4v) is 4.37. The SMILES string of the molecule is COc1ccc(NS(=O)(=O)c2ccc(OCC(=O)Nc3ccc(OC)c(Cl)c3)c(Cl)c2)cc1. The third kappa shape index (κ3) is 6.44. The first-order chi connectivity index (χ1) is 15.7. The minimum absolute atomic E-state index is 0.0351. The van der Waals surface area contributed by atoms with Crippen molar-refractivity contribution in [2.75, 3.05) is 30.9 Å². The summed E-state index contributed by atoms with van der Waals surface area (Å²) >= 11 is 12.2. The average Bonchev–Trinajstić information content (AvgIpc) is 2.78. The maximum Gasteiger partial charge on any atom is 0.262 e. The quantitative estimate of drug-likeness (QED) is 0.427. The Hall–Kier alpha value is -3.14. The number of hydrogen-bond donors (Lipinski definition) is 2. The van der Waals surface area contributed by atoms with Crippen LogP contribution >= 0.6 is 23.2 Å². The molecule has 0 aromatic heterocycles. The zero-order chi connectivity index (χ0) is 24.0. The molecule has 174 valence electrons. The molecule has 0 atom stereocenters. The highest BCUT2D eigenvalue weighted by Crippen LogP contribution is 2.29. The van der Waals surface area contributed by atoms with Gasteiger partial charge in [0.1, 0.15) is 17.2 Å². The van der Waals surface area contributed by atoms with Crippen molar-refractivity contribution in [3.63, 3.8) is 0 Å². The summed E-state index contributed by atoms with van der Waals surface area (Å²) in [5.74, 6) is 0.781. The van der Waals surface area contributed by atoms with Gasteiger partial charge in [0.25, 0.3) is 15.9 Å². The molecular weight excluding hydrogens is 491 g/mol. The van der Waals surface area contributed by atoms with Crippen LogP contribution in [0.4, 0.5) is 11.4 Å². The molecule has 0 unspecified atom stereocenters. The van der Waals surface area contributed by atoms with Gasteiger partial charge in [-0.2, -0.15) is 0 Å². The average molecular weight is 511 g/mol. The first kappa shape index (κ1) is 24.5. The Morgan fingerprint density at radius 1 is 0.848 bits per heavy atom. The highest BCUT2D eigenvalue weighted by Gasteiger charge is 2.17. The van der Waals surface area contributed by atoms with Gasteiger partial charge in [-0.25, -0.2) is 8.42 Å². The highest BCUT2D eigenvalue weighted by molar-refractivity contribution is 7.92. The predicted octanol–water partition coefficient (Wildman–Crippen LogP) is 4.83. The molecule has 0 fully saturated rings. The summed E-state index contributed by atoms with van der Waals surface area (Å²) in [5, 5.41) is 3.01. The van der Waals surface area contributed by atoms with Crippen LogP contribution in [0.15, 0.2) is 65.6 Å². The Labute approximate surface area is 201 Å². The number of methoxy groups -OCH3 is 2. The molecule has 0 spiro atoms. The van der Waals surface area contributed by atoms with Gasteiger partial charge >= 0.3 is 0 Å². The van der Waals surface area contributed by atoms with Gasteiger partial charge in [-0.05, 0) is 60.7 Å². The van der Waals surface area contributed by atoms with Crippen molar-refractivity contribution in [3.05, 3.63) is 70.7 Å². The lowest BCUT2D eigenvalue weighted by Gasteiger charge is -2.12. The van der Waals surface area contributed by atoms with Crippen LogP contribution in [0.1, 0.15) is 0 Å². The van der Waals surface area contributed by atoms with E-state index in [1.807, 2.05) is 0 Å². The molecule has 0 aliphatic heterocycles. The van der Waals surface area contributed by atoms with Gasteiger partial charge in [0, 0.05) is 11.4 Å². The van der Waals surface area contributed by atoms with Crippen LogP contribution in [-0.2, 0) is 14.8 Å². The van der Waals surface area contributed by atoms with E-state index in [1.54, 1.807) is 42.5 Å².